The Morgan fingerprint density at radius 2 is 1.96 bits per heavy atom. The molecule has 2 atom stereocenters. The van der Waals surface area contributed by atoms with Gasteiger partial charge in [0.05, 0.1) is 18.8 Å². The summed E-state index contributed by atoms with van der Waals surface area (Å²) in [5.74, 6) is 2.25. The number of likely N-dealkylation sites (tertiary alicyclic amines) is 1. The first-order valence-corrected chi connectivity index (χ1v) is 9.82. The van der Waals surface area contributed by atoms with Gasteiger partial charge in [0.1, 0.15) is 0 Å². The van der Waals surface area contributed by atoms with Crippen LogP contribution >= 0.6 is 0 Å². The smallest absolute Gasteiger partial charge is 0.254 e. The normalized spacial score (nSPS) is 28.5. The second-order valence-corrected chi connectivity index (χ2v) is 7.90. The molecule has 0 unspecified atom stereocenters. The highest BCUT2D eigenvalue weighted by molar-refractivity contribution is 5.95. The number of nitrogens with zero attached hydrogens (tertiary/aromatic N) is 2. The Morgan fingerprint density at radius 3 is 2.85 bits per heavy atom. The predicted molar refractivity (Wildman–Crippen MR) is 95.5 cm³/mol. The predicted octanol–water partition coefficient (Wildman–Crippen LogP) is 2.13. The quantitative estimate of drug-likeness (QED) is 0.829. The molecule has 6 heteroatoms. The average molecular weight is 358 g/mol. The standard InChI is InChI=1S/C20H26N2O4/c23-20(15-5-6-17-18(9-15)26-13-25-17)22-11-16-19(12-22)24-8-7-21(16)10-14-3-1-2-4-14/h5-6,9,14,16,19H,1-4,7-8,10-13H2/t16-,19+/m1/s1. The molecule has 1 aliphatic carbocycles. The van der Waals surface area contributed by atoms with E-state index < -0.39 is 0 Å². The summed E-state index contributed by atoms with van der Waals surface area (Å²) in [5.41, 5.74) is 0.662. The Bertz CT molecular complexity index is 688. The topological polar surface area (TPSA) is 51.2 Å². The van der Waals surface area contributed by atoms with Crippen LogP contribution in [0.4, 0.5) is 0 Å². The van der Waals surface area contributed by atoms with E-state index >= 15 is 0 Å². The number of fused-ring (bicyclic) bond motifs is 2. The van der Waals surface area contributed by atoms with Gasteiger partial charge in [0.25, 0.3) is 5.91 Å². The molecule has 1 aromatic rings. The molecule has 0 aromatic heterocycles. The second kappa shape index (κ2) is 6.74. The first-order valence-electron chi connectivity index (χ1n) is 9.82. The first-order chi connectivity index (χ1) is 12.8. The molecule has 0 spiro atoms. The maximum Gasteiger partial charge on any atom is 0.254 e. The summed E-state index contributed by atoms with van der Waals surface area (Å²) < 4.78 is 16.8. The van der Waals surface area contributed by atoms with Crippen molar-refractivity contribution in [3.05, 3.63) is 23.8 Å². The lowest BCUT2D eigenvalue weighted by atomic mass is 10.0. The van der Waals surface area contributed by atoms with Crippen molar-refractivity contribution < 1.29 is 19.0 Å². The van der Waals surface area contributed by atoms with Crippen molar-refractivity contribution in [2.75, 3.05) is 39.6 Å². The van der Waals surface area contributed by atoms with Gasteiger partial charge < -0.3 is 19.1 Å². The van der Waals surface area contributed by atoms with E-state index in [1.54, 1.807) is 6.07 Å². The van der Waals surface area contributed by atoms with Crippen molar-refractivity contribution in [2.45, 2.75) is 37.8 Å². The second-order valence-electron chi connectivity index (χ2n) is 7.90. The molecule has 140 valence electrons. The SMILES string of the molecule is O=C(c1ccc2c(c1)OCO2)N1C[C@@H]2OCCN(CC3CCCC3)[C@@H]2C1. The van der Waals surface area contributed by atoms with Crippen LogP contribution in [0.3, 0.4) is 0 Å². The highest BCUT2D eigenvalue weighted by Crippen LogP contribution is 2.34. The Hall–Kier alpha value is -1.79. The Kier molecular flexibility index (Phi) is 4.25. The van der Waals surface area contributed by atoms with E-state index in [2.05, 4.69) is 4.90 Å². The van der Waals surface area contributed by atoms with Crippen LogP contribution in [0.1, 0.15) is 36.0 Å². The molecule has 2 saturated heterocycles. The van der Waals surface area contributed by atoms with Crippen LogP contribution in [-0.4, -0.2) is 67.4 Å². The number of hydrogen-bond acceptors (Lipinski definition) is 5. The summed E-state index contributed by atoms with van der Waals surface area (Å²) in [6.45, 7) is 4.59. The lowest BCUT2D eigenvalue weighted by molar-refractivity contribution is -0.0516. The Labute approximate surface area is 154 Å². The number of amides is 1. The maximum atomic E-state index is 13.0. The molecule has 1 aromatic carbocycles. The fourth-order valence-electron chi connectivity index (χ4n) is 4.89. The van der Waals surface area contributed by atoms with Crippen LogP contribution in [0.15, 0.2) is 18.2 Å². The molecule has 1 amide bonds. The summed E-state index contributed by atoms with van der Waals surface area (Å²) in [5, 5.41) is 0. The van der Waals surface area contributed by atoms with Gasteiger partial charge in [0, 0.05) is 31.7 Å². The van der Waals surface area contributed by atoms with E-state index in [0.717, 1.165) is 32.2 Å². The first kappa shape index (κ1) is 16.4. The molecule has 3 fully saturated rings. The summed E-state index contributed by atoms with van der Waals surface area (Å²) >= 11 is 0. The molecule has 4 aliphatic rings. The zero-order chi connectivity index (χ0) is 17.5. The van der Waals surface area contributed by atoms with Gasteiger partial charge in [-0.05, 0) is 37.0 Å². The van der Waals surface area contributed by atoms with Crippen LogP contribution in [0.2, 0.25) is 0 Å². The minimum atomic E-state index is 0.0575. The molecule has 0 N–H and O–H groups in total. The summed E-state index contributed by atoms with van der Waals surface area (Å²) in [6, 6.07) is 5.78. The van der Waals surface area contributed by atoms with Gasteiger partial charge in [-0.15, -0.1) is 0 Å². The highest BCUT2D eigenvalue weighted by atomic mass is 16.7. The van der Waals surface area contributed by atoms with E-state index in [4.69, 9.17) is 14.2 Å². The van der Waals surface area contributed by atoms with Crippen LogP contribution < -0.4 is 9.47 Å². The van der Waals surface area contributed by atoms with Gasteiger partial charge in [0.15, 0.2) is 11.5 Å². The number of benzene rings is 1. The molecule has 5 rings (SSSR count). The number of hydrogen-bond donors (Lipinski definition) is 0. The third kappa shape index (κ3) is 2.95. The largest absolute Gasteiger partial charge is 0.454 e. The van der Waals surface area contributed by atoms with Crippen molar-refractivity contribution >= 4 is 5.91 Å². The van der Waals surface area contributed by atoms with Gasteiger partial charge in [-0.2, -0.15) is 0 Å². The average Bonchev–Trinajstić information content (AvgIpc) is 3.40. The van der Waals surface area contributed by atoms with E-state index in [1.807, 2.05) is 17.0 Å². The minimum absolute atomic E-state index is 0.0575. The molecule has 6 nitrogen and oxygen atoms in total. The van der Waals surface area contributed by atoms with Gasteiger partial charge in [-0.25, -0.2) is 0 Å². The number of carbonyl (C=O) groups is 1. The molecule has 0 radical (unpaired) electrons. The van der Waals surface area contributed by atoms with Crippen LogP contribution in [0, 0.1) is 5.92 Å². The molecule has 26 heavy (non-hydrogen) atoms. The van der Waals surface area contributed by atoms with Crippen molar-refractivity contribution in [3.63, 3.8) is 0 Å². The maximum absolute atomic E-state index is 13.0. The van der Waals surface area contributed by atoms with Gasteiger partial charge >= 0.3 is 0 Å². The summed E-state index contributed by atoms with van der Waals surface area (Å²) in [4.78, 5) is 17.5. The number of rotatable bonds is 3. The van der Waals surface area contributed by atoms with E-state index in [-0.39, 0.29) is 18.8 Å². The van der Waals surface area contributed by atoms with Gasteiger partial charge in [-0.1, -0.05) is 12.8 Å². The van der Waals surface area contributed by atoms with E-state index in [0.29, 0.717) is 29.6 Å². The van der Waals surface area contributed by atoms with E-state index in [1.165, 1.54) is 25.7 Å². The molecule has 0 bridgehead atoms. The van der Waals surface area contributed by atoms with Crippen LogP contribution in [0.25, 0.3) is 0 Å². The van der Waals surface area contributed by atoms with Crippen molar-refractivity contribution in [1.82, 2.24) is 9.80 Å². The van der Waals surface area contributed by atoms with Crippen LogP contribution in [-0.2, 0) is 4.74 Å². The lowest BCUT2D eigenvalue weighted by Gasteiger charge is -2.38. The number of carbonyl (C=O) groups excluding carboxylic acids is 1. The minimum Gasteiger partial charge on any atom is -0.454 e. The fraction of sp³-hybridized carbons (Fsp3) is 0.650. The zero-order valence-electron chi connectivity index (χ0n) is 15.1. The summed E-state index contributed by atoms with van der Waals surface area (Å²) in [6.07, 6.45) is 5.60. The molecule has 3 aliphatic heterocycles. The van der Waals surface area contributed by atoms with Gasteiger partial charge in [0.2, 0.25) is 6.79 Å². The Balaban J connectivity index is 1.28. The molecular weight excluding hydrogens is 332 g/mol. The zero-order valence-corrected chi connectivity index (χ0v) is 15.1. The monoisotopic (exact) mass is 358 g/mol. The van der Waals surface area contributed by atoms with Crippen molar-refractivity contribution in [2.24, 2.45) is 5.92 Å². The van der Waals surface area contributed by atoms with Crippen LogP contribution in [0.5, 0.6) is 11.5 Å². The highest BCUT2D eigenvalue weighted by Gasteiger charge is 2.42. The summed E-state index contributed by atoms with van der Waals surface area (Å²) in [7, 11) is 0. The lowest BCUT2D eigenvalue weighted by Crippen LogP contribution is -2.52. The van der Waals surface area contributed by atoms with Crippen molar-refractivity contribution in [1.29, 1.82) is 0 Å². The van der Waals surface area contributed by atoms with Gasteiger partial charge in [-0.3, -0.25) is 9.69 Å². The number of ether oxygens (including phenoxy) is 3. The third-order valence-electron chi connectivity index (χ3n) is 6.29. The molecule has 1 saturated carbocycles. The molecule has 3 heterocycles. The van der Waals surface area contributed by atoms with Crippen molar-refractivity contribution in [3.8, 4) is 11.5 Å². The van der Waals surface area contributed by atoms with E-state index in [9.17, 15) is 4.79 Å². The number of morpholine rings is 1. The molecular formula is C20H26N2O4. The fourth-order valence-corrected chi connectivity index (χ4v) is 4.89. The third-order valence-corrected chi connectivity index (χ3v) is 6.29. The Morgan fingerprint density at radius 1 is 1.12 bits per heavy atom.